The maximum absolute atomic E-state index is 5.89. The number of hydrogen-bond acceptors (Lipinski definition) is 3. The Hall–Kier alpha value is -2.24. The molecule has 1 saturated carbocycles. The van der Waals surface area contributed by atoms with Crippen LogP contribution in [0.1, 0.15) is 60.2 Å². The first-order valence-corrected chi connectivity index (χ1v) is 11.1. The molecule has 1 fully saturated rings. The first-order valence-electron chi connectivity index (χ1n) is 10.7. The maximum atomic E-state index is 5.89. The molecule has 0 unspecified atom stereocenters. The zero-order chi connectivity index (χ0) is 19.8. The number of rotatable bonds is 6. The number of nitrogens with zero attached hydrogens (tertiary/aromatic N) is 4. The van der Waals surface area contributed by atoms with Crippen LogP contribution in [0.4, 0.5) is 0 Å². The minimum Gasteiger partial charge on any atom is -0.299 e. The predicted molar refractivity (Wildman–Crippen MR) is 118 cm³/mol. The number of fused-ring (bicyclic) bond motifs is 1. The molecule has 0 radical (unpaired) electrons. The summed E-state index contributed by atoms with van der Waals surface area (Å²) < 4.78 is 5.14. The molecule has 1 heterocycles. The van der Waals surface area contributed by atoms with E-state index in [1.165, 1.54) is 48.8 Å². The summed E-state index contributed by atoms with van der Waals surface area (Å²) in [6.07, 6.45) is 6.09. The van der Waals surface area contributed by atoms with Crippen molar-refractivity contribution >= 4 is 12.2 Å². The van der Waals surface area contributed by atoms with Crippen molar-refractivity contribution in [3.05, 3.63) is 81.9 Å². The van der Waals surface area contributed by atoms with E-state index in [1.807, 2.05) is 4.68 Å². The topological polar surface area (TPSA) is 26.0 Å². The molecule has 5 heteroatoms. The lowest BCUT2D eigenvalue weighted by atomic mass is 9.87. The molecule has 29 heavy (non-hydrogen) atoms. The quantitative estimate of drug-likeness (QED) is 0.521. The van der Waals surface area contributed by atoms with E-state index in [-0.39, 0.29) is 0 Å². The van der Waals surface area contributed by atoms with Crippen LogP contribution in [0.15, 0.2) is 54.6 Å². The molecule has 0 aliphatic heterocycles. The first kappa shape index (κ1) is 18.8. The summed E-state index contributed by atoms with van der Waals surface area (Å²) >= 11 is 5.89. The van der Waals surface area contributed by atoms with Gasteiger partial charge in [0.25, 0.3) is 0 Å². The Morgan fingerprint density at radius 2 is 1.79 bits per heavy atom. The lowest BCUT2D eigenvalue weighted by Gasteiger charge is -2.33. The number of aryl methyl sites for hydroxylation is 1. The van der Waals surface area contributed by atoms with Gasteiger partial charge in [0.15, 0.2) is 4.77 Å². The highest BCUT2D eigenvalue weighted by molar-refractivity contribution is 7.71. The highest BCUT2D eigenvalue weighted by Gasteiger charge is 2.31. The lowest BCUT2D eigenvalue weighted by Crippen LogP contribution is -2.30. The second-order valence-corrected chi connectivity index (χ2v) is 8.86. The molecule has 2 aromatic carbocycles. The Labute approximate surface area is 177 Å². The highest BCUT2D eigenvalue weighted by Crippen LogP contribution is 2.39. The van der Waals surface area contributed by atoms with Gasteiger partial charge >= 0.3 is 0 Å². The van der Waals surface area contributed by atoms with Gasteiger partial charge in [-0.05, 0) is 68.1 Å². The normalized spacial score (nSPS) is 18.8. The van der Waals surface area contributed by atoms with E-state index >= 15 is 0 Å². The lowest BCUT2D eigenvalue weighted by molar-refractivity contribution is 0.165. The van der Waals surface area contributed by atoms with Crippen molar-refractivity contribution in [2.24, 2.45) is 0 Å². The summed E-state index contributed by atoms with van der Waals surface area (Å²) in [4.78, 5) is 2.42. The number of aromatic nitrogens is 3. The van der Waals surface area contributed by atoms with Crippen molar-refractivity contribution in [1.82, 2.24) is 19.2 Å². The molecule has 150 valence electrons. The Kier molecular flexibility index (Phi) is 5.10. The average Bonchev–Trinajstić information content (AvgIpc) is 3.56. The molecule has 4 nitrogen and oxygen atoms in total. The van der Waals surface area contributed by atoms with E-state index in [1.54, 1.807) is 0 Å². The van der Waals surface area contributed by atoms with Gasteiger partial charge in [0.1, 0.15) is 5.82 Å². The molecule has 1 aromatic heterocycles. The van der Waals surface area contributed by atoms with Crippen LogP contribution in [0.25, 0.3) is 0 Å². The van der Waals surface area contributed by atoms with Crippen LogP contribution in [0, 0.1) is 4.77 Å². The van der Waals surface area contributed by atoms with Gasteiger partial charge in [-0.1, -0.05) is 54.6 Å². The van der Waals surface area contributed by atoms with E-state index < -0.39 is 0 Å². The van der Waals surface area contributed by atoms with Crippen LogP contribution in [0.3, 0.4) is 0 Å². The summed E-state index contributed by atoms with van der Waals surface area (Å²) in [6, 6.07) is 19.9. The summed E-state index contributed by atoms with van der Waals surface area (Å²) in [5, 5.41) is 4.99. The van der Waals surface area contributed by atoms with Crippen LogP contribution in [-0.4, -0.2) is 26.3 Å². The third-order valence-corrected chi connectivity index (χ3v) is 6.74. The van der Waals surface area contributed by atoms with Crippen LogP contribution < -0.4 is 0 Å². The van der Waals surface area contributed by atoms with Crippen molar-refractivity contribution in [2.45, 2.75) is 57.3 Å². The van der Waals surface area contributed by atoms with Crippen molar-refractivity contribution < 1.29 is 0 Å². The Morgan fingerprint density at radius 3 is 2.59 bits per heavy atom. The molecule has 5 rings (SSSR count). The van der Waals surface area contributed by atoms with Crippen LogP contribution in [-0.2, 0) is 19.6 Å². The Balaban J connectivity index is 1.42. The largest absolute Gasteiger partial charge is 0.299 e. The second-order valence-electron chi connectivity index (χ2n) is 8.49. The molecule has 0 bridgehead atoms. The Morgan fingerprint density at radius 1 is 1.03 bits per heavy atom. The van der Waals surface area contributed by atoms with Crippen LogP contribution in [0.2, 0.25) is 0 Å². The summed E-state index contributed by atoms with van der Waals surface area (Å²) in [7, 11) is 2.21. The SMILES string of the molecule is CN(Cn1nc(C2CC2)n(Cc2ccccc2)c1=S)[C@H]1CCCc2ccccc21. The molecule has 0 N–H and O–H groups in total. The van der Waals surface area contributed by atoms with E-state index in [2.05, 4.69) is 71.1 Å². The zero-order valence-corrected chi connectivity index (χ0v) is 17.8. The van der Waals surface area contributed by atoms with Crippen molar-refractivity contribution in [2.75, 3.05) is 7.05 Å². The molecule has 3 aromatic rings. The Bertz CT molecular complexity index is 1050. The highest BCUT2D eigenvalue weighted by atomic mass is 32.1. The first-order chi connectivity index (χ1) is 14.2. The minimum atomic E-state index is 0.436. The average molecular weight is 405 g/mol. The fourth-order valence-corrected chi connectivity index (χ4v) is 4.86. The summed E-state index contributed by atoms with van der Waals surface area (Å²) in [5.41, 5.74) is 4.24. The molecule has 2 aliphatic carbocycles. The van der Waals surface area contributed by atoms with Gasteiger partial charge in [-0.3, -0.25) is 9.47 Å². The molecule has 0 amide bonds. The zero-order valence-electron chi connectivity index (χ0n) is 17.0. The van der Waals surface area contributed by atoms with Crippen molar-refractivity contribution in [3.8, 4) is 0 Å². The number of hydrogen-bond donors (Lipinski definition) is 0. The minimum absolute atomic E-state index is 0.436. The summed E-state index contributed by atoms with van der Waals surface area (Å²) in [5.74, 6) is 1.73. The molecule has 2 aliphatic rings. The molecular formula is C24H28N4S. The molecule has 0 saturated heterocycles. The summed E-state index contributed by atoms with van der Waals surface area (Å²) in [6.45, 7) is 1.54. The fourth-order valence-electron chi connectivity index (χ4n) is 4.60. The van der Waals surface area contributed by atoms with E-state index in [0.717, 1.165) is 23.8 Å². The monoisotopic (exact) mass is 404 g/mol. The van der Waals surface area contributed by atoms with E-state index in [4.69, 9.17) is 17.3 Å². The van der Waals surface area contributed by atoms with Gasteiger partial charge < -0.3 is 0 Å². The maximum Gasteiger partial charge on any atom is 0.199 e. The molecular weight excluding hydrogens is 376 g/mol. The second kappa shape index (κ2) is 7.88. The third kappa shape index (κ3) is 3.81. The number of benzene rings is 2. The van der Waals surface area contributed by atoms with Gasteiger partial charge in [-0.25, -0.2) is 4.68 Å². The van der Waals surface area contributed by atoms with Crippen LogP contribution >= 0.6 is 12.2 Å². The van der Waals surface area contributed by atoms with Gasteiger partial charge in [-0.15, -0.1) is 0 Å². The van der Waals surface area contributed by atoms with Gasteiger partial charge in [0.2, 0.25) is 0 Å². The smallest absolute Gasteiger partial charge is 0.199 e. The van der Waals surface area contributed by atoms with Gasteiger partial charge in [-0.2, -0.15) is 5.10 Å². The molecule has 0 spiro atoms. The van der Waals surface area contributed by atoms with Crippen LogP contribution in [0.5, 0.6) is 0 Å². The van der Waals surface area contributed by atoms with E-state index in [0.29, 0.717) is 12.0 Å². The van der Waals surface area contributed by atoms with Gasteiger partial charge in [0, 0.05) is 12.0 Å². The molecule has 1 atom stereocenters. The predicted octanol–water partition coefficient (Wildman–Crippen LogP) is 5.31. The van der Waals surface area contributed by atoms with Crippen molar-refractivity contribution in [1.29, 1.82) is 0 Å². The standard InChI is InChI=1S/C24H28N4S/c1-26(22-13-7-11-19-10-5-6-12-21(19)22)17-28-24(29)27(23(25-28)20-14-15-20)16-18-8-3-2-4-9-18/h2-6,8-10,12,20,22H,7,11,13-17H2,1H3/t22-/m0/s1. The third-order valence-electron chi connectivity index (χ3n) is 6.30. The fraction of sp³-hybridized carbons (Fsp3) is 0.417. The van der Waals surface area contributed by atoms with E-state index in [9.17, 15) is 0 Å². The van der Waals surface area contributed by atoms with Crippen molar-refractivity contribution in [3.63, 3.8) is 0 Å². The van der Waals surface area contributed by atoms with Gasteiger partial charge in [0.05, 0.1) is 13.2 Å².